The van der Waals surface area contributed by atoms with Crippen LogP contribution in [0.25, 0.3) is 0 Å². The normalized spacial score (nSPS) is 12.4. The number of rotatable bonds is 8. The number of aliphatic hydroxyl groups excluding tert-OH is 1. The van der Waals surface area contributed by atoms with Crippen LogP contribution in [0, 0.1) is 20.8 Å². The highest BCUT2D eigenvalue weighted by Gasteiger charge is 2.22. The highest BCUT2D eigenvalue weighted by molar-refractivity contribution is 6.01. The summed E-state index contributed by atoms with van der Waals surface area (Å²) in [5.41, 5.74) is 7.12. The Hall–Kier alpha value is -3.51. The van der Waals surface area contributed by atoms with Crippen LogP contribution >= 0.6 is 0 Å². The number of aromatic nitrogens is 1. The van der Waals surface area contributed by atoms with Gasteiger partial charge in [-0.05, 0) is 67.3 Å². The maximum absolute atomic E-state index is 12.3. The number of hydrogen-bond donors (Lipinski definition) is 3. The average Bonchev–Trinajstić information content (AvgIpc) is 2.79. The number of amides is 1. The molecule has 1 heterocycles. The Labute approximate surface area is 188 Å². The number of carbonyl (C=O) groups excluding carboxylic acids is 1. The first kappa shape index (κ1) is 23.2. The third-order valence-corrected chi connectivity index (χ3v) is 5.62. The maximum Gasteiger partial charge on any atom is 0.251 e. The van der Waals surface area contributed by atoms with Crippen LogP contribution in [0.2, 0.25) is 0 Å². The maximum atomic E-state index is 12.3. The van der Waals surface area contributed by atoms with Gasteiger partial charge in [-0.3, -0.25) is 9.78 Å². The first-order chi connectivity index (χ1) is 15.4. The summed E-state index contributed by atoms with van der Waals surface area (Å²) in [6.45, 7) is 6.07. The van der Waals surface area contributed by atoms with Gasteiger partial charge in [0.05, 0.1) is 12.3 Å². The monoisotopic (exact) mass is 431 g/mol. The molecule has 3 rings (SSSR count). The molecule has 6 heteroatoms. The molecule has 0 bridgehead atoms. The lowest BCUT2D eigenvalue weighted by atomic mass is 9.81. The van der Waals surface area contributed by atoms with Crippen LogP contribution in [0.15, 0.2) is 65.9 Å². The molecule has 0 saturated carbocycles. The van der Waals surface area contributed by atoms with Gasteiger partial charge in [-0.2, -0.15) is 0 Å². The van der Waals surface area contributed by atoms with E-state index >= 15 is 0 Å². The van der Waals surface area contributed by atoms with Crippen LogP contribution in [0.4, 0.5) is 0 Å². The molecule has 32 heavy (non-hydrogen) atoms. The number of aryl methyl sites for hydroxylation is 3. The minimum Gasteiger partial charge on any atom is -0.411 e. The van der Waals surface area contributed by atoms with Gasteiger partial charge in [-0.25, -0.2) is 0 Å². The van der Waals surface area contributed by atoms with Crippen LogP contribution in [0.3, 0.4) is 0 Å². The Morgan fingerprint density at radius 2 is 1.75 bits per heavy atom. The zero-order valence-electron chi connectivity index (χ0n) is 18.7. The van der Waals surface area contributed by atoms with Crippen LogP contribution < -0.4 is 5.32 Å². The molecule has 1 amide bonds. The second-order valence-electron chi connectivity index (χ2n) is 7.90. The molecule has 0 aliphatic carbocycles. The fourth-order valence-electron chi connectivity index (χ4n) is 3.98. The van der Waals surface area contributed by atoms with Crippen molar-refractivity contribution in [3.05, 3.63) is 99.9 Å². The zero-order valence-corrected chi connectivity index (χ0v) is 18.7. The minimum atomic E-state index is -0.217. The zero-order chi connectivity index (χ0) is 23.1. The van der Waals surface area contributed by atoms with E-state index in [2.05, 4.69) is 34.5 Å². The van der Waals surface area contributed by atoms with Crippen LogP contribution in [-0.4, -0.2) is 40.1 Å². The van der Waals surface area contributed by atoms with Crippen molar-refractivity contribution < 1.29 is 15.1 Å². The second kappa shape index (κ2) is 10.7. The van der Waals surface area contributed by atoms with Gasteiger partial charge in [0.1, 0.15) is 0 Å². The van der Waals surface area contributed by atoms with E-state index in [0.29, 0.717) is 17.7 Å². The van der Waals surface area contributed by atoms with Crippen molar-refractivity contribution in [2.24, 2.45) is 5.16 Å². The van der Waals surface area contributed by atoms with E-state index < -0.39 is 0 Å². The molecule has 1 aromatic heterocycles. The molecule has 0 aliphatic rings. The summed E-state index contributed by atoms with van der Waals surface area (Å²) < 4.78 is 0. The second-order valence-corrected chi connectivity index (χ2v) is 7.90. The van der Waals surface area contributed by atoms with Gasteiger partial charge in [-0.15, -0.1) is 0 Å². The molecular formula is C26H29N3O3. The van der Waals surface area contributed by atoms with Crippen molar-refractivity contribution in [3.8, 4) is 0 Å². The molecule has 0 saturated heterocycles. The number of aliphatic hydroxyl groups is 1. The van der Waals surface area contributed by atoms with Gasteiger partial charge in [0, 0.05) is 41.9 Å². The van der Waals surface area contributed by atoms with E-state index in [-0.39, 0.29) is 25.0 Å². The van der Waals surface area contributed by atoms with Gasteiger partial charge in [-0.1, -0.05) is 35.5 Å². The Morgan fingerprint density at radius 3 is 2.41 bits per heavy atom. The molecule has 0 fully saturated rings. The highest BCUT2D eigenvalue weighted by Crippen LogP contribution is 2.34. The van der Waals surface area contributed by atoms with Crippen molar-refractivity contribution in [1.82, 2.24) is 10.3 Å². The number of carbonyl (C=O) groups is 1. The molecule has 3 aromatic rings. The predicted molar refractivity (Wildman–Crippen MR) is 126 cm³/mol. The summed E-state index contributed by atoms with van der Waals surface area (Å²) in [5.74, 6) is -0.281. The number of benzene rings is 2. The van der Waals surface area contributed by atoms with E-state index in [1.54, 1.807) is 12.3 Å². The van der Waals surface area contributed by atoms with Crippen LogP contribution in [0.1, 0.15) is 56.2 Å². The SMILES string of the molecule is Cc1cc(/C(C[C@H](c2ccccc2C)c2ccc(C(=O)NCCO)cc2C)=N/O)ccn1. The van der Waals surface area contributed by atoms with E-state index in [4.69, 9.17) is 5.11 Å². The first-order valence-electron chi connectivity index (χ1n) is 10.6. The smallest absolute Gasteiger partial charge is 0.251 e. The molecule has 6 nitrogen and oxygen atoms in total. The molecule has 0 unspecified atom stereocenters. The third-order valence-electron chi connectivity index (χ3n) is 5.62. The summed E-state index contributed by atoms with van der Waals surface area (Å²) in [7, 11) is 0. The summed E-state index contributed by atoms with van der Waals surface area (Å²) in [5, 5.41) is 25.1. The number of hydrogen-bond acceptors (Lipinski definition) is 5. The lowest BCUT2D eigenvalue weighted by Gasteiger charge is -2.23. The number of nitrogens with zero attached hydrogens (tertiary/aromatic N) is 2. The Morgan fingerprint density at radius 1 is 1.00 bits per heavy atom. The summed E-state index contributed by atoms with van der Waals surface area (Å²) in [6, 6.07) is 17.6. The molecule has 2 aromatic carbocycles. The highest BCUT2D eigenvalue weighted by atomic mass is 16.4. The molecule has 1 atom stereocenters. The molecule has 166 valence electrons. The largest absolute Gasteiger partial charge is 0.411 e. The lowest BCUT2D eigenvalue weighted by molar-refractivity contribution is 0.0944. The molecule has 3 N–H and O–H groups in total. The van der Waals surface area contributed by atoms with E-state index in [9.17, 15) is 10.0 Å². The van der Waals surface area contributed by atoms with Gasteiger partial charge >= 0.3 is 0 Å². The van der Waals surface area contributed by atoms with E-state index in [1.165, 1.54) is 0 Å². The first-order valence-corrected chi connectivity index (χ1v) is 10.6. The average molecular weight is 432 g/mol. The summed E-state index contributed by atoms with van der Waals surface area (Å²) in [6.07, 6.45) is 2.20. The number of pyridine rings is 1. The van der Waals surface area contributed by atoms with Gasteiger partial charge in [0.15, 0.2) is 0 Å². The third kappa shape index (κ3) is 5.39. The van der Waals surface area contributed by atoms with Crippen molar-refractivity contribution in [2.45, 2.75) is 33.1 Å². The minimum absolute atomic E-state index is 0.0647. The quantitative estimate of drug-likeness (QED) is 0.284. The van der Waals surface area contributed by atoms with Crippen LogP contribution in [0.5, 0.6) is 0 Å². The number of oxime groups is 1. The predicted octanol–water partition coefficient (Wildman–Crippen LogP) is 4.13. The Kier molecular flexibility index (Phi) is 7.73. The van der Waals surface area contributed by atoms with Crippen molar-refractivity contribution in [2.75, 3.05) is 13.2 Å². The van der Waals surface area contributed by atoms with Crippen molar-refractivity contribution in [1.29, 1.82) is 0 Å². The summed E-state index contributed by atoms with van der Waals surface area (Å²) >= 11 is 0. The van der Waals surface area contributed by atoms with Gasteiger partial charge in [0.2, 0.25) is 0 Å². The van der Waals surface area contributed by atoms with E-state index in [1.807, 2.05) is 50.2 Å². The van der Waals surface area contributed by atoms with Crippen molar-refractivity contribution >= 4 is 11.6 Å². The molecule has 0 spiro atoms. The lowest BCUT2D eigenvalue weighted by Crippen LogP contribution is -2.26. The van der Waals surface area contributed by atoms with E-state index in [0.717, 1.165) is 33.5 Å². The van der Waals surface area contributed by atoms with Gasteiger partial charge in [0.25, 0.3) is 5.91 Å². The molecule has 0 radical (unpaired) electrons. The van der Waals surface area contributed by atoms with Gasteiger partial charge < -0.3 is 15.6 Å². The standard InChI is InChI=1S/C26H29N3O3/c1-17-6-4-5-7-22(17)24(16-25(29-32)20-10-11-27-19(3)15-20)23-9-8-21(14-18(23)2)26(31)28-12-13-30/h4-11,14-15,24,30,32H,12-13,16H2,1-3H3,(H,28,31)/b29-25+/t24-/m1/s1. The van der Waals surface area contributed by atoms with Crippen LogP contribution in [-0.2, 0) is 0 Å². The van der Waals surface area contributed by atoms with Crippen molar-refractivity contribution in [3.63, 3.8) is 0 Å². The Bertz CT molecular complexity index is 1120. The number of nitrogens with one attached hydrogen (secondary N) is 1. The fraction of sp³-hybridized carbons (Fsp3) is 0.269. The molecule has 0 aliphatic heterocycles. The fourth-order valence-corrected chi connectivity index (χ4v) is 3.98. The topological polar surface area (TPSA) is 94.8 Å². The Balaban J connectivity index is 2.02. The molecular weight excluding hydrogens is 402 g/mol. The summed E-state index contributed by atoms with van der Waals surface area (Å²) in [4.78, 5) is 16.6.